The first-order valence-electron chi connectivity index (χ1n) is 9.95. The fraction of sp³-hybridized carbons (Fsp3) is 0.600. The summed E-state index contributed by atoms with van der Waals surface area (Å²) in [5, 5.41) is 34.6. The van der Waals surface area contributed by atoms with Crippen LogP contribution in [0.3, 0.4) is 0 Å². The summed E-state index contributed by atoms with van der Waals surface area (Å²) in [5.74, 6) is -20.9. The first-order chi connectivity index (χ1) is 16.7. The second-order valence-electron chi connectivity index (χ2n) is 7.65. The van der Waals surface area contributed by atoms with Crippen LogP contribution < -0.4 is 0 Å². The van der Waals surface area contributed by atoms with Crippen LogP contribution >= 0.6 is 0 Å². The Morgan fingerprint density at radius 3 is 0.583 bits per heavy atom. The largest absolute Gasteiger partial charge is 0.481 e. The Labute approximate surface area is 202 Å². The summed E-state index contributed by atoms with van der Waals surface area (Å²) in [5.41, 5.74) is 0. The predicted molar refractivity (Wildman–Crippen MR) is 107 cm³/mol. The van der Waals surface area contributed by atoms with Crippen molar-refractivity contribution >= 4 is 47.8 Å². The molecule has 200 valence electrons. The number of carboxylic acids is 4. The van der Waals surface area contributed by atoms with Crippen LogP contribution in [0, 0.1) is 47.3 Å². The summed E-state index contributed by atoms with van der Waals surface area (Å²) in [6.45, 7) is 0. The average molecular weight is 520 g/mol. The number of esters is 4. The lowest BCUT2D eigenvalue weighted by Crippen LogP contribution is -2.60. The van der Waals surface area contributed by atoms with Gasteiger partial charge in [0.2, 0.25) is 0 Å². The standard InChI is InChI=1S/C12H16O8.C8H8O8/c1-17-9(13)5-6(10(14)18-2)8(12(16)20-4)7(5)11(15)19-3;9-5(10)1-2(6(11)12)4(8(15)16)3(1)7(13)14/h5-8H,1-4H3;1-4H,(H,9,10)(H,11,12)(H,13,14)(H,15,16). The van der Waals surface area contributed by atoms with Crippen molar-refractivity contribution in [2.75, 3.05) is 28.4 Å². The molecule has 0 aromatic carbocycles. The topological polar surface area (TPSA) is 254 Å². The highest BCUT2D eigenvalue weighted by molar-refractivity contribution is 5.98. The van der Waals surface area contributed by atoms with Gasteiger partial charge in [0, 0.05) is 0 Å². The van der Waals surface area contributed by atoms with Crippen LogP contribution in [0.25, 0.3) is 0 Å². The molecule has 0 aromatic rings. The molecule has 2 aliphatic rings. The van der Waals surface area contributed by atoms with Gasteiger partial charge in [-0.25, -0.2) is 0 Å². The number of carboxylic acid groups (broad SMARTS) is 4. The van der Waals surface area contributed by atoms with Crippen molar-refractivity contribution in [1.82, 2.24) is 0 Å². The van der Waals surface area contributed by atoms with Crippen molar-refractivity contribution in [3.05, 3.63) is 0 Å². The number of carbonyl (C=O) groups excluding carboxylic acids is 4. The molecule has 2 rings (SSSR count). The Hall–Kier alpha value is -4.24. The average Bonchev–Trinajstić information content (AvgIpc) is 2.76. The normalized spacial score (nSPS) is 29.9. The second kappa shape index (κ2) is 11.9. The van der Waals surface area contributed by atoms with Gasteiger partial charge in [0.1, 0.15) is 0 Å². The van der Waals surface area contributed by atoms with Crippen LogP contribution in [0.15, 0.2) is 0 Å². The zero-order chi connectivity index (χ0) is 28.1. The molecule has 0 spiro atoms. The van der Waals surface area contributed by atoms with E-state index in [0.717, 1.165) is 28.4 Å². The molecule has 0 aliphatic heterocycles. The SMILES string of the molecule is COC(=O)C1C(C(=O)OC)C(C(=O)OC)C1C(=O)OC.O=C(O)C1C(C(=O)O)C(C(=O)O)C1C(=O)O. The summed E-state index contributed by atoms with van der Waals surface area (Å²) < 4.78 is 18.2. The van der Waals surface area contributed by atoms with Crippen molar-refractivity contribution in [1.29, 1.82) is 0 Å². The van der Waals surface area contributed by atoms with Crippen LogP contribution in [0.1, 0.15) is 0 Å². The van der Waals surface area contributed by atoms with Gasteiger partial charge in [-0.3, -0.25) is 38.4 Å². The fourth-order valence-corrected chi connectivity index (χ4v) is 4.44. The maximum atomic E-state index is 11.7. The van der Waals surface area contributed by atoms with Gasteiger partial charge in [-0.05, 0) is 0 Å². The highest BCUT2D eigenvalue weighted by Crippen LogP contribution is 2.49. The lowest BCUT2D eigenvalue weighted by molar-refractivity contribution is -0.196. The maximum absolute atomic E-state index is 11.7. The molecule has 0 unspecified atom stereocenters. The van der Waals surface area contributed by atoms with Crippen LogP contribution in [-0.4, -0.2) is 96.6 Å². The maximum Gasteiger partial charge on any atom is 0.310 e. The molecule has 4 N–H and O–H groups in total. The van der Waals surface area contributed by atoms with Crippen LogP contribution in [0.5, 0.6) is 0 Å². The van der Waals surface area contributed by atoms with Gasteiger partial charge in [-0.15, -0.1) is 0 Å². The minimum atomic E-state index is -1.70. The third-order valence-electron chi connectivity index (χ3n) is 6.13. The molecule has 0 heterocycles. The number of carbonyl (C=O) groups is 8. The number of methoxy groups -OCH3 is 4. The Balaban J connectivity index is 0.000000369. The zero-order valence-electron chi connectivity index (χ0n) is 19.3. The van der Waals surface area contributed by atoms with Gasteiger partial charge >= 0.3 is 47.8 Å². The summed E-state index contributed by atoms with van der Waals surface area (Å²) >= 11 is 0. The van der Waals surface area contributed by atoms with E-state index in [2.05, 4.69) is 18.9 Å². The molecule has 36 heavy (non-hydrogen) atoms. The minimum Gasteiger partial charge on any atom is -0.481 e. The van der Waals surface area contributed by atoms with E-state index in [1.165, 1.54) is 0 Å². The lowest BCUT2D eigenvalue weighted by Gasteiger charge is -2.44. The lowest BCUT2D eigenvalue weighted by atomic mass is 9.56. The van der Waals surface area contributed by atoms with E-state index in [0.29, 0.717) is 0 Å². The molecular formula is C20H24O16. The van der Waals surface area contributed by atoms with Crippen LogP contribution in [0.4, 0.5) is 0 Å². The Kier molecular flexibility index (Phi) is 9.88. The summed E-state index contributed by atoms with van der Waals surface area (Å²) in [6.07, 6.45) is 0. The number of rotatable bonds is 8. The van der Waals surface area contributed by atoms with E-state index in [9.17, 15) is 38.4 Å². The predicted octanol–water partition coefficient (Wildman–Crippen LogP) is -2.04. The van der Waals surface area contributed by atoms with Crippen molar-refractivity contribution < 1.29 is 77.7 Å². The molecule has 2 aliphatic carbocycles. The number of aliphatic carboxylic acids is 4. The number of hydrogen-bond acceptors (Lipinski definition) is 12. The van der Waals surface area contributed by atoms with Crippen molar-refractivity contribution in [2.45, 2.75) is 0 Å². The molecule has 0 amide bonds. The highest BCUT2D eigenvalue weighted by atomic mass is 16.5. The zero-order valence-corrected chi connectivity index (χ0v) is 19.3. The van der Waals surface area contributed by atoms with E-state index in [1.54, 1.807) is 0 Å². The van der Waals surface area contributed by atoms with E-state index in [-0.39, 0.29) is 0 Å². The highest BCUT2D eigenvalue weighted by Gasteiger charge is 2.66. The summed E-state index contributed by atoms with van der Waals surface area (Å²) in [6, 6.07) is 0. The van der Waals surface area contributed by atoms with Crippen LogP contribution in [0.2, 0.25) is 0 Å². The van der Waals surface area contributed by atoms with Gasteiger partial charge in [-0.2, -0.15) is 0 Å². The molecule has 0 saturated heterocycles. The number of ether oxygens (including phenoxy) is 4. The molecule has 0 radical (unpaired) electrons. The molecule has 16 heteroatoms. The summed E-state index contributed by atoms with van der Waals surface area (Å²) in [7, 11) is 4.49. The molecule has 16 nitrogen and oxygen atoms in total. The van der Waals surface area contributed by atoms with E-state index in [4.69, 9.17) is 20.4 Å². The first-order valence-corrected chi connectivity index (χ1v) is 9.95. The third kappa shape index (κ3) is 5.36. The van der Waals surface area contributed by atoms with Gasteiger partial charge in [0.15, 0.2) is 0 Å². The van der Waals surface area contributed by atoms with Crippen molar-refractivity contribution in [3.8, 4) is 0 Å². The quantitative estimate of drug-likeness (QED) is 0.198. The van der Waals surface area contributed by atoms with Gasteiger partial charge in [-0.1, -0.05) is 0 Å². The Morgan fingerprint density at radius 2 is 0.500 bits per heavy atom. The molecule has 0 aromatic heterocycles. The van der Waals surface area contributed by atoms with E-state index >= 15 is 0 Å². The van der Waals surface area contributed by atoms with Gasteiger partial charge < -0.3 is 39.4 Å². The first kappa shape index (κ1) is 29.8. The summed E-state index contributed by atoms with van der Waals surface area (Å²) in [4.78, 5) is 89.5. The Morgan fingerprint density at radius 1 is 0.361 bits per heavy atom. The van der Waals surface area contributed by atoms with Crippen LogP contribution in [-0.2, 0) is 57.3 Å². The third-order valence-corrected chi connectivity index (χ3v) is 6.13. The van der Waals surface area contributed by atoms with Crippen molar-refractivity contribution in [3.63, 3.8) is 0 Å². The molecular weight excluding hydrogens is 496 g/mol. The van der Waals surface area contributed by atoms with E-state index < -0.39 is 95.1 Å². The second-order valence-corrected chi connectivity index (χ2v) is 7.65. The fourth-order valence-electron chi connectivity index (χ4n) is 4.44. The van der Waals surface area contributed by atoms with Gasteiger partial charge in [0.25, 0.3) is 0 Å². The van der Waals surface area contributed by atoms with Gasteiger partial charge in [0.05, 0.1) is 75.8 Å². The minimum absolute atomic E-state index is 0.782. The molecule has 0 bridgehead atoms. The molecule has 0 atom stereocenters. The smallest absolute Gasteiger partial charge is 0.310 e. The van der Waals surface area contributed by atoms with E-state index in [1.807, 2.05) is 0 Å². The monoisotopic (exact) mass is 520 g/mol. The number of hydrogen-bond donors (Lipinski definition) is 4. The molecule has 2 fully saturated rings. The van der Waals surface area contributed by atoms with Crippen molar-refractivity contribution in [2.24, 2.45) is 47.3 Å². The molecule has 2 saturated carbocycles. The Bertz CT molecular complexity index is 785.